The zero-order chi connectivity index (χ0) is 15.3. The first-order valence-electron chi connectivity index (χ1n) is 6.34. The lowest BCUT2D eigenvalue weighted by Gasteiger charge is -2.27. The van der Waals surface area contributed by atoms with Crippen LogP contribution < -0.4 is 11.1 Å². The molecule has 0 bridgehead atoms. The number of benzene rings is 1. The van der Waals surface area contributed by atoms with Crippen molar-refractivity contribution in [3.63, 3.8) is 0 Å². The molecule has 0 aromatic heterocycles. The van der Waals surface area contributed by atoms with Crippen molar-refractivity contribution in [2.24, 2.45) is 11.1 Å². The molecule has 6 heteroatoms. The van der Waals surface area contributed by atoms with Gasteiger partial charge in [-0.3, -0.25) is 4.79 Å². The summed E-state index contributed by atoms with van der Waals surface area (Å²) in [6.07, 6.45) is 0.518. The van der Waals surface area contributed by atoms with Gasteiger partial charge in [0.05, 0.1) is 5.41 Å². The van der Waals surface area contributed by atoms with Gasteiger partial charge in [0.2, 0.25) is 5.91 Å². The summed E-state index contributed by atoms with van der Waals surface area (Å²) >= 11 is 5.99. The molecule has 0 saturated carbocycles. The van der Waals surface area contributed by atoms with Crippen molar-refractivity contribution in [2.45, 2.75) is 26.3 Å². The van der Waals surface area contributed by atoms with E-state index in [4.69, 9.17) is 17.3 Å². The van der Waals surface area contributed by atoms with Gasteiger partial charge in [0.15, 0.2) is 6.04 Å². The molecule has 0 radical (unpaired) electrons. The van der Waals surface area contributed by atoms with Gasteiger partial charge in [-0.15, -0.1) is 0 Å². The first-order chi connectivity index (χ1) is 9.35. The van der Waals surface area contributed by atoms with Crippen molar-refractivity contribution in [1.82, 2.24) is 5.32 Å². The molecule has 1 aromatic carbocycles. The quantitative estimate of drug-likeness (QED) is 0.748. The van der Waals surface area contributed by atoms with E-state index in [1.54, 1.807) is 31.2 Å². The molecule has 2 atom stereocenters. The largest absolute Gasteiger partial charge is 0.479 e. The summed E-state index contributed by atoms with van der Waals surface area (Å²) in [4.78, 5) is 23.6. The number of nitrogens with one attached hydrogen (secondary N) is 1. The molecular weight excluding hydrogens is 280 g/mol. The van der Waals surface area contributed by atoms with Crippen LogP contribution in [0.3, 0.4) is 0 Å². The van der Waals surface area contributed by atoms with Gasteiger partial charge in [0.25, 0.3) is 0 Å². The van der Waals surface area contributed by atoms with E-state index in [1.807, 2.05) is 6.92 Å². The fourth-order valence-electron chi connectivity index (χ4n) is 1.68. The van der Waals surface area contributed by atoms with E-state index >= 15 is 0 Å². The topological polar surface area (TPSA) is 92.4 Å². The summed E-state index contributed by atoms with van der Waals surface area (Å²) in [5.74, 6) is -1.56. The molecular formula is C14H19ClN2O3. The Morgan fingerprint density at radius 1 is 1.45 bits per heavy atom. The van der Waals surface area contributed by atoms with Crippen molar-refractivity contribution in [3.8, 4) is 0 Å². The fourth-order valence-corrected chi connectivity index (χ4v) is 1.93. The van der Waals surface area contributed by atoms with E-state index in [1.165, 1.54) is 0 Å². The molecule has 0 fully saturated rings. The standard InChI is InChI=1S/C14H19ClN2O3/c1-3-14(2,8-16)13(20)17-11(12(18)19)9-6-4-5-7-10(9)15/h4-7,11H,3,8,16H2,1-2H3,(H,17,20)(H,18,19)/t11-,14?/m1/s1. The molecule has 4 N–H and O–H groups in total. The van der Waals surface area contributed by atoms with Crippen LogP contribution in [0.15, 0.2) is 24.3 Å². The average molecular weight is 299 g/mol. The minimum absolute atomic E-state index is 0.143. The summed E-state index contributed by atoms with van der Waals surface area (Å²) < 4.78 is 0. The molecule has 0 aliphatic carbocycles. The second-order valence-corrected chi connectivity index (χ2v) is 5.29. The normalized spacial score (nSPS) is 15.2. The van der Waals surface area contributed by atoms with Crippen LogP contribution in [0.4, 0.5) is 0 Å². The highest BCUT2D eigenvalue weighted by Crippen LogP contribution is 2.26. The summed E-state index contributed by atoms with van der Waals surface area (Å²) in [6.45, 7) is 3.68. The first-order valence-corrected chi connectivity index (χ1v) is 6.71. The number of rotatable bonds is 6. The molecule has 110 valence electrons. The number of carboxylic acid groups (broad SMARTS) is 1. The Labute approximate surface area is 123 Å². The highest BCUT2D eigenvalue weighted by atomic mass is 35.5. The van der Waals surface area contributed by atoms with Crippen LogP contribution in [0.1, 0.15) is 31.9 Å². The molecule has 1 unspecified atom stereocenters. The molecule has 1 amide bonds. The van der Waals surface area contributed by atoms with Crippen LogP contribution >= 0.6 is 11.6 Å². The average Bonchev–Trinajstić information content (AvgIpc) is 2.44. The Balaban J connectivity index is 3.04. The lowest BCUT2D eigenvalue weighted by atomic mass is 9.86. The summed E-state index contributed by atoms with van der Waals surface area (Å²) in [5.41, 5.74) is 5.16. The lowest BCUT2D eigenvalue weighted by Crippen LogP contribution is -2.46. The van der Waals surface area contributed by atoms with Crippen LogP contribution in [-0.2, 0) is 9.59 Å². The van der Waals surface area contributed by atoms with Crippen molar-refractivity contribution in [2.75, 3.05) is 6.54 Å². The van der Waals surface area contributed by atoms with E-state index in [0.717, 1.165) is 0 Å². The van der Waals surface area contributed by atoms with Gasteiger partial charge < -0.3 is 16.2 Å². The second-order valence-electron chi connectivity index (χ2n) is 4.88. The van der Waals surface area contributed by atoms with Gasteiger partial charge in [-0.25, -0.2) is 4.79 Å². The van der Waals surface area contributed by atoms with E-state index in [0.29, 0.717) is 17.0 Å². The van der Waals surface area contributed by atoms with Crippen molar-refractivity contribution < 1.29 is 14.7 Å². The number of carbonyl (C=O) groups excluding carboxylic acids is 1. The van der Waals surface area contributed by atoms with Gasteiger partial charge in [0.1, 0.15) is 0 Å². The molecule has 0 heterocycles. The number of amides is 1. The zero-order valence-corrected chi connectivity index (χ0v) is 12.3. The number of aliphatic carboxylic acids is 1. The molecule has 1 rings (SSSR count). The smallest absolute Gasteiger partial charge is 0.330 e. The SMILES string of the molecule is CCC(C)(CN)C(=O)N[C@@H](C(=O)O)c1ccccc1Cl. The summed E-state index contributed by atoms with van der Waals surface area (Å²) in [5, 5.41) is 12.1. The van der Waals surface area contributed by atoms with Crippen LogP contribution in [0.5, 0.6) is 0 Å². The minimum Gasteiger partial charge on any atom is -0.479 e. The predicted molar refractivity (Wildman–Crippen MR) is 77.4 cm³/mol. The van der Waals surface area contributed by atoms with E-state index < -0.39 is 23.3 Å². The zero-order valence-electron chi connectivity index (χ0n) is 11.5. The van der Waals surface area contributed by atoms with Gasteiger partial charge in [-0.2, -0.15) is 0 Å². The molecule has 1 aromatic rings. The summed E-state index contributed by atoms with van der Waals surface area (Å²) in [7, 11) is 0. The predicted octanol–water partition coefficient (Wildman–Crippen LogP) is 1.96. The molecule has 0 aliphatic rings. The van der Waals surface area contributed by atoms with E-state index in [2.05, 4.69) is 5.32 Å². The lowest BCUT2D eigenvalue weighted by molar-refractivity contribution is -0.143. The number of nitrogens with two attached hydrogens (primary N) is 1. The maximum atomic E-state index is 12.2. The first kappa shape index (κ1) is 16.5. The van der Waals surface area contributed by atoms with Crippen LogP contribution in [-0.4, -0.2) is 23.5 Å². The highest BCUT2D eigenvalue weighted by molar-refractivity contribution is 6.31. The Bertz CT molecular complexity index is 501. The van der Waals surface area contributed by atoms with Gasteiger partial charge in [-0.1, -0.05) is 36.7 Å². The fraction of sp³-hybridized carbons (Fsp3) is 0.429. The summed E-state index contributed by atoms with van der Waals surface area (Å²) in [6, 6.07) is 5.34. The highest BCUT2D eigenvalue weighted by Gasteiger charge is 2.34. The van der Waals surface area contributed by atoms with E-state index in [9.17, 15) is 14.7 Å². The number of hydrogen-bond donors (Lipinski definition) is 3. The van der Waals surface area contributed by atoms with Gasteiger partial charge >= 0.3 is 5.97 Å². The number of carboxylic acids is 1. The van der Waals surface area contributed by atoms with Crippen LogP contribution in [0.25, 0.3) is 0 Å². The van der Waals surface area contributed by atoms with Crippen molar-refractivity contribution in [3.05, 3.63) is 34.9 Å². The monoisotopic (exact) mass is 298 g/mol. The minimum atomic E-state index is -1.19. The molecule has 5 nitrogen and oxygen atoms in total. The Morgan fingerprint density at radius 2 is 2.05 bits per heavy atom. The molecule has 0 saturated heterocycles. The maximum absolute atomic E-state index is 12.2. The van der Waals surface area contributed by atoms with Gasteiger partial charge in [0, 0.05) is 17.1 Å². The third-order valence-electron chi connectivity index (χ3n) is 3.52. The maximum Gasteiger partial charge on any atom is 0.330 e. The van der Waals surface area contributed by atoms with Crippen molar-refractivity contribution >= 4 is 23.5 Å². The molecule has 0 spiro atoms. The van der Waals surface area contributed by atoms with E-state index in [-0.39, 0.29) is 6.54 Å². The third kappa shape index (κ3) is 3.49. The van der Waals surface area contributed by atoms with Crippen molar-refractivity contribution in [1.29, 1.82) is 0 Å². The second kappa shape index (κ2) is 6.72. The Morgan fingerprint density at radius 3 is 2.50 bits per heavy atom. The van der Waals surface area contributed by atoms with Crippen LogP contribution in [0, 0.1) is 5.41 Å². The number of carbonyl (C=O) groups is 2. The molecule has 20 heavy (non-hydrogen) atoms. The molecule has 0 aliphatic heterocycles. The Kier molecular flexibility index (Phi) is 5.53. The van der Waals surface area contributed by atoms with Gasteiger partial charge in [-0.05, 0) is 19.4 Å². The third-order valence-corrected chi connectivity index (χ3v) is 3.86. The van der Waals surface area contributed by atoms with Crippen LogP contribution in [0.2, 0.25) is 5.02 Å². The Hall–Kier alpha value is -1.59. The number of halogens is 1. The number of hydrogen-bond acceptors (Lipinski definition) is 3.